The number of anilines is 1. The summed E-state index contributed by atoms with van der Waals surface area (Å²) in [6.45, 7) is 5.93. The highest BCUT2D eigenvalue weighted by atomic mass is 16.6. The zero-order chi connectivity index (χ0) is 19.7. The molecule has 2 N–H and O–H groups in total. The normalized spacial score (nSPS) is 17.0. The first-order valence-corrected chi connectivity index (χ1v) is 9.87. The molecule has 0 radical (unpaired) electrons. The van der Waals surface area contributed by atoms with Crippen LogP contribution >= 0.6 is 0 Å². The first-order valence-electron chi connectivity index (χ1n) is 9.87. The Kier molecular flexibility index (Phi) is 5.17. The van der Waals surface area contributed by atoms with E-state index in [0.717, 1.165) is 36.9 Å². The minimum atomic E-state index is -0.467. The number of para-hydroxylation sites is 2. The summed E-state index contributed by atoms with van der Waals surface area (Å²) in [5, 5.41) is 0. The summed E-state index contributed by atoms with van der Waals surface area (Å²) in [7, 11) is 0. The molecule has 0 bridgehead atoms. The highest BCUT2D eigenvalue weighted by Crippen LogP contribution is 2.29. The average molecular weight is 382 g/mol. The number of hydrogen-bond donors (Lipinski definition) is 1. The van der Waals surface area contributed by atoms with E-state index in [1.54, 1.807) is 0 Å². The van der Waals surface area contributed by atoms with Gasteiger partial charge < -0.3 is 19.8 Å². The van der Waals surface area contributed by atoms with E-state index in [-0.39, 0.29) is 12.7 Å². The van der Waals surface area contributed by atoms with Gasteiger partial charge in [-0.2, -0.15) is 0 Å². The van der Waals surface area contributed by atoms with E-state index in [1.807, 2.05) is 28.8 Å². The van der Waals surface area contributed by atoms with Crippen molar-refractivity contribution in [2.45, 2.75) is 45.8 Å². The molecule has 4 rings (SSSR count). The number of benzene rings is 1. The van der Waals surface area contributed by atoms with Crippen molar-refractivity contribution in [3.05, 3.63) is 29.8 Å². The second-order valence-electron chi connectivity index (χ2n) is 7.71. The zero-order valence-electron chi connectivity index (χ0n) is 16.4. The minimum absolute atomic E-state index is 0.0358. The monoisotopic (exact) mass is 382 g/mol. The van der Waals surface area contributed by atoms with Gasteiger partial charge in [-0.3, -0.25) is 0 Å². The van der Waals surface area contributed by atoms with Crippen molar-refractivity contribution in [1.82, 2.24) is 14.5 Å². The van der Waals surface area contributed by atoms with Crippen molar-refractivity contribution in [2.24, 2.45) is 5.92 Å². The molecule has 0 amide bonds. The summed E-state index contributed by atoms with van der Waals surface area (Å²) < 4.78 is 13.0. The maximum absolute atomic E-state index is 12.9. The van der Waals surface area contributed by atoms with Crippen LogP contribution in [0.5, 0.6) is 0 Å². The van der Waals surface area contributed by atoms with Crippen LogP contribution < -0.4 is 5.73 Å². The molecule has 0 unspecified atom stereocenters. The third-order valence-corrected chi connectivity index (χ3v) is 5.15. The number of hydrogen-bond acceptors (Lipinski definition) is 6. The largest absolute Gasteiger partial charge is 0.459 e. The van der Waals surface area contributed by atoms with Gasteiger partial charge in [-0.1, -0.05) is 26.0 Å². The van der Waals surface area contributed by atoms with E-state index in [4.69, 9.17) is 25.2 Å². The summed E-state index contributed by atoms with van der Waals surface area (Å²) in [4.78, 5) is 22.3. The van der Waals surface area contributed by atoms with Crippen molar-refractivity contribution < 1.29 is 14.3 Å². The van der Waals surface area contributed by atoms with Gasteiger partial charge in [0.25, 0.3) is 0 Å². The quantitative estimate of drug-likeness (QED) is 0.656. The van der Waals surface area contributed by atoms with Crippen molar-refractivity contribution >= 4 is 34.0 Å². The Hall–Kier alpha value is -2.67. The Labute approximate surface area is 163 Å². The number of aryl methyl sites for hydroxylation is 1. The molecule has 7 nitrogen and oxygen atoms in total. The number of fused-ring (bicyclic) bond motifs is 2. The Bertz CT molecular complexity index is 1010. The van der Waals surface area contributed by atoms with E-state index in [9.17, 15) is 4.79 Å². The fourth-order valence-electron chi connectivity index (χ4n) is 3.55. The second kappa shape index (κ2) is 7.75. The van der Waals surface area contributed by atoms with E-state index in [2.05, 4.69) is 13.8 Å². The first kappa shape index (κ1) is 18.7. The number of ether oxygens (including phenoxy) is 2. The smallest absolute Gasteiger partial charge is 0.344 e. The standard InChI is InChI=1S/C21H26N4O3/c1-13(2)9-10-25-19(22)17(21(26)28-12-14-6-5-11-27-14)18-20(25)24-16-8-4-3-7-15(16)23-18/h3-4,7-8,13-14H,5-6,9-12,22H2,1-2H3/t14-/m0/s1. The van der Waals surface area contributed by atoms with Gasteiger partial charge in [0, 0.05) is 13.2 Å². The van der Waals surface area contributed by atoms with Gasteiger partial charge in [-0.15, -0.1) is 0 Å². The number of carbonyl (C=O) groups is 1. The Morgan fingerprint density at radius 3 is 2.75 bits per heavy atom. The molecular weight excluding hydrogens is 356 g/mol. The first-order chi connectivity index (χ1) is 13.5. The number of nitrogens with two attached hydrogens (primary N) is 1. The van der Waals surface area contributed by atoms with E-state index >= 15 is 0 Å². The summed E-state index contributed by atoms with van der Waals surface area (Å²) in [6, 6.07) is 7.61. The number of nitrogens with zero attached hydrogens (tertiary/aromatic N) is 3. The van der Waals surface area contributed by atoms with E-state index in [1.165, 1.54) is 0 Å². The van der Waals surface area contributed by atoms with Gasteiger partial charge in [0.05, 0.1) is 17.1 Å². The fourth-order valence-corrected chi connectivity index (χ4v) is 3.55. The highest BCUT2D eigenvalue weighted by Gasteiger charge is 2.26. The molecule has 0 spiro atoms. The summed E-state index contributed by atoms with van der Waals surface area (Å²) >= 11 is 0. The third-order valence-electron chi connectivity index (χ3n) is 5.15. The lowest BCUT2D eigenvalue weighted by atomic mass is 10.1. The van der Waals surface area contributed by atoms with Crippen molar-refractivity contribution in [3.63, 3.8) is 0 Å². The lowest BCUT2D eigenvalue weighted by molar-refractivity contribution is 0.0163. The van der Waals surface area contributed by atoms with Gasteiger partial charge in [0.1, 0.15) is 23.5 Å². The third kappa shape index (κ3) is 3.54. The predicted molar refractivity (Wildman–Crippen MR) is 108 cm³/mol. The summed E-state index contributed by atoms with van der Waals surface area (Å²) in [6.07, 6.45) is 2.79. The van der Waals surface area contributed by atoms with Gasteiger partial charge in [-0.25, -0.2) is 14.8 Å². The second-order valence-corrected chi connectivity index (χ2v) is 7.71. The van der Waals surface area contributed by atoms with Crippen LogP contribution in [0.25, 0.3) is 22.2 Å². The summed E-state index contributed by atoms with van der Waals surface area (Å²) in [5.74, 6) is 0.398. The molecule has 148 valence electrons. The predicted octanol–water partition coefficient (Wildman–Crippen LogP) is 3.55. The minimum Gasteiger partial charge on any atom is -0.459 e. The van der Waals surface area contributed by atoms with Crippen LogP contribution in [0.4, 0.5) is 5.82 Å². The molecule has 0 aliphatic carbocycles. The Morgan fingerprint density at radius 1 is 1.32 bits per heavy atom. The lowest BCUT2D eigenvalue weighted by Crippen LogP contribution is -2.18. The Balaban J connectivity index is 1.75. The summed E-state index contributed by atoms with van der Waals surface area (Å²) in [5.41, 5.74) is 9.33. The number of nitrogen functional groups attached to an aromatic ring is 1. The molecule has 28 heavy (non-hydrogen) atoms. The van der Waals surface area contributed by atoms with E-state index in [0.29, 0.717) is 35.0 Å². The zero-order valence-corrected chi connectivity index (χ0v) is 16.4. The maximum Gasteiger partial charge on any atom is 0.344 e. The molecule has 3 heterocycles. The fraction of sp³-hybridized carbons (Fsp3) is 0.476. The number of esters is 1. The molecule has 1 aliphatic heterocycles. The molecule has 1 atom stereocenters. The van der Waals surface area contributed by atoms with Gasteiger partial charge in [0.15, 0.2) is 5.65 Å². The van der Waals surface area contributed by atoms with Crippen LogP contribution in [0.2, 0.25) is 0 Å². The molecular formula is C21H26N4O3. The Morgan fingerprint density at radius 2 is 2.07 bits per heavy atom. The topological polar surface area (TPSA) is 92.3 Å². The maximum atomic E-state index is 12.9. The van der Waals surface area contributed by atoms with Gasteiger partial charge >= 0.3 is 5.97 Å². The molecule has 1 saturated heterocycles. The van der Waals surface area contributed by atoms with Crippen LogP contribution in [0.3, 0.4) is 0 Å². The van der Waals surface area contributed by atoms with Gasteiger partial charge in [-0.05, 0) is 37.3 Å². The average Bonchev–Trinajstić information content (AvgIpc) is 3.28. The molecule has 2 aromatic heterocycles. The molecule has 1 aromatic carbocycles. The van der Waals surface area contributed by atoms with Crippen molar-refractivity contribution in [3.8, 4) is 0 Å². The van der Waals surface area contributed by atoms with Crippen LogP contribution in [0.1, 0.15) is 43.5 Å². The van der Waals surface area contributed by atoms with Crippen molar-refractivity contribution in [2.75, 3.05) is 18.9 Å². The van der Waals surface area contributed by atoms with E-state index < -0.39 is 5.97 Å². The van der Waals surface area contributed by atoms with Crippen LogP contribution in [-0.2, 0) is 16.0 Å². The SMILES string of the molecule is CC(C)CCn1c(N)c(C(=O)OC[C@@H]2CCCO2)c2nc3ccccc3nc21. The van der Waals surface area contributed by atoms with Crippen LogP contribution in [0, 0.1) is 5.92 Å². The van der Waals surface area contributed by atoms with Gasteiger partial charge in [0.2, 0.25) is 0 Å². The lowest BCUT2D eigenvalue weighted by Gasteiger charge is -2.11. The number of carbonyl (C=O) groups excluding carboxylic acids is 1. The molecule has 1 aliphatic rings. The van der Waals surface area contributed by atoms with Crippen LogP contribution in [0.15, 0.2) is 24.3 Å². The number of rotatable bonds is 6. The molecule has 1 fully saturated rings. The molecule has 0 saturated carbocycles. The van der Waals surface area contributed by atoms with Crippen LogP contribution in [-0.4, -0.2) is 39.8 Å². The highest BCUT2D eigenvalue weighted by molar-refractivity contribution is 6.08. The number of aromatic nitrogens is 3. The molecule has 3 aromatic rings. The molecule has 7 heteroatoms. The van der Waals surface area contributed by atoms with Crippen molar-refractivity contribution in [1.29, 1.82) is 0 Å².